The third-order valence-corrected chi connectivity index (χ3v) is 5.19. The number of aromatic hydroxyl groups is 1. The Labute approximate surface area is 170 Å². The molecule has 2 aromatic carbocycles. The number of hydrogen-bond donors (Lipinski definition) is 2. The van der Waals surface area contributed by atoms with Crippen molar-refractivity contribution in [2.75, 3.05) is 33.9 Å². The maximum atomic E-state index is 12.8. The van der Waals surface area contributed by atoms with Crippen LogP contribution in [0, 0.1) is 5.92 Å². The molecule has 0 atom stereocenters. The minimum Gasteiger partial charge on any atom is -0.508 e. The van der Waals surface area contributed by atoms with Gasteiger partial charge >= 0.3 is 0 Å². The van der Waals surface area contributed by atoms with Gasteiger partial charge in [0, 0.05) is 30.8 Å². The van der Waals surface area contributed by atoms with Crippen molar-refractivity contribution in [3.63, 3.8) is 0 Å². The van der Waals surface area contributed by atoms with Gasteiger partial charge in [0.05, 0.1) is 14.2 Å². The highest BCUT2D eigenvalue weighted by atomic mass is 16.5. The second-order valence-electron chi connectivity index (χ2n) is 7.07. The molecule has 2 amide bonds. The van der Waals surface area contributed by atoms with Crippen molar-refractivity contribution in [3.8, 4) is 17.2 Å². The smallest absolute Gasteiger partial charge is 0.253 e. The van der Waals surface area contributed by atoms with Crippen molar-refractivity contribution in [2.45, 2.75) is 12.8 Å². The second kappa shape index (κ2) is 9.32. The summed E-state index contributed by atoms with van der Waals surface area (Å²) in [6.07, 6.45) is 1.64. The number of phenols is 1. The number of phenolic OH excluding ortho intramolecular Hbond substituents is 1. The predicted octanol–water partition coefficient (Wildman–Crippen LogP) is 2.69. The molecule has 1 fully saturated rings. The number of piperidine rings is 1. The van der Waals surface area contributed by atoms with Gasteiger partial charge in [-0.15, -0.1) is 0 Å². The first kappa shape index (κ1) is 20.5. The molecule has 0 spiro atoms. The average Bonchev–Trinajstić information content (AvgIpc) is 2.76. The summed E-state index contributed by atoms with van der Waals surface area (Å²) in [6, 6.07) is 11.5. The number of amides is 2. The number of nitrogens with one attached hydrogen (secondary N) is 1. The van der Waals surface area contributed by atoms with Gasteiger partial charge in [0.25, 0.3) is 11.8 Å². The van der Waals surface area contributed by atoms with Crippen molar-refractivity contribution < 1.29 is 24.2 Å². The quantitative estimate of drug-likeness (QED) is 0.781. The van der Waals surface area contributed by atoms with Gasteiger partial charge in [-0.2, -0.15) is 0 Å². The number of likely N-dealkylation sites (tertiary alicyclic amines) is 1. The standard InChI is InChI=1S/C22H26N2O5/c1-28-19-7-6-17(13-20(19)29-2)22(27)24-10-8-15(9-11-24)14-23-21(26)16-4-3-5-18(25)12-16/h3-7,12-13,15,25H,8-11,14H2,1-2H3,(H,23,26). The number of carbonyl (C=O) groups is 2. The number of rotatable bonds is 6. The Hall–Kier alpha value is -3.22. The molecule has 1 heterocycles. The Morgan fingerprint density at radius 3 is 2.41 bits per heavy atom. The van der Waals surface area contributed by atoms with E-state index in [2.05, 4.69) is 5.32 Å². The number of methoxy groups -OCH3 is 2. The highest BCUT2D eigenvalue weighted by Crippen LogP contribution is 2.28. The van der Waals surface area contributed by atoms with Crippen LogP contribution in [0.15, 0.2) is 42.5 Å². The molecule has 2 N–H and O–H groups in total. The molecule has 0 unspecified atom stereocenters. The monoisotopic (exact) mass is 398 g/mol. The zero-order valence-electron chi connectivity index (χ0n) is 16.7. The van der Waals surface area contributed by atoms with Crippen LogP contribution in [0.4, 0.5) is 0 Å². The average molecular weight is 398 g/mol. The van der Waals surface area contributed by atoms with Gasteiger partial charge in [-0.25, -0.2) is 0 Å². The zero-order valence-corrected chi connectivity index (χ0v) is 16.7. The van der Waals surface area contributed by atoms with Crippen LogP contribution in [0.1, 0.15) is 33.6 Å². The minimum atomic E-state index is -0.204. The lowest BCUT2D eigenvalue weighted by atomic mass is 9.96. The molecule has 1 saturated heterocycles. The summed E-state index contributed by atoms with van der Waals surface area (Å²) in [5.41, 5.74) is 1.00. The molecule has 0 saturated carbocycles. The van der Waals surface area contributed by atoms with Crippen LogP contribution in [-0.2, 0) is 0 Å². The molecule has 29 heavy (non-hydrogen) atoms. The van der Waals surface area contributed by atoms with Gasteiger partial charge in [0.1, 0.15) is 5.75 Å². The summed E-state index contributed by atoms with van der Waals surface area (Å²) < 4.78 is 10.5. The topological polar surface area (TPSA) is 88.1 Å². The fraction of sp³-hybridized carbons (Fsp3) is 0.364. The van der Waals surface area contributed by atoms with Crippen LogP contribution in [-0.4, -0.2) is 55.7 Å². The van der Waals surface area contributed by atoms with E-state index in [1.54, 1.807) is 44.6 Å². The Balaban J connectivity index is 1.51. The Morgan fingerprint density at radius 2 is 1.76 bits per heavy atom. The number of hydrogen-bond acceptors (Lipinski definition) is 5. The number of nitrogens with zero attached hydrogens (tertiary/aromatic N) is 1. The molecular formula is C22H26N2O5. The van der Waals surface area contributed by atoms with E-state index in [-0.39, 0.29) is 17.6 Å². The second-order valence-corrected chi connectivity index (χ2v) is 7.07. The summed E-state index contributed by atoms with van der Waals surface area (Å²) in [5, 5.41) is 12.4. The van der Waals surface area contributed by atoms with Crippen molar-refractivity contribution in [1.82, 2.24) is 10.2 Å². The Bertz CT molecular complexity index is 875. The Morgan fingerprint density at radius 1 is 1.03 bits per heavy atom. The van der Waals surface area contributed by atoms with Crippen LogP contribution in [0.25, 0.3) is 0 Å². The van der Waals surface area contributed by atoms with Gasteiger partial charge in [-0.1, -0.05) is 6.07 Å². The molecular weight excluding hydrogens is 372 g/mol. The number of carbonyl (C=O) groups excluding carboxylic acids is 2. The van der Waals surface area contributed by atoms with Crippen molar-refractivity contribution in [2.24, 2.45) is 5.92 Å². The molecule has 0 bridgehead atoms. The van der Waals surface area contributed by atoms with Gasteiger partial charge < -0.3 is 24.8 Å². The lowest BCUT2D eigenvalue weighted by Crippen LogP contribution is -2.41. The largest absolute Gasteiger partial charge is 0.508 e. The molecule has 1 aliphatic heterocycles. The van der Waals surface area contributed by atoms with Gasteiger partial charge in [0.15, 0.2) is 11.5 Å². The first-order chi connectivity index (χ1) is 14.0. The molecule has 0 aromatic heterocycles. The third-order valence-electron chi connectivity index (χ3n) is 5.19. The van der Waals surface area contributed by atoms with Gasteiger partial charge in [-0.3, -0.25) is 9.59 Å². The maximum Gasteiger partial charge on any atom is 0.253 e. The highest BCUT2D eigenvalue weighted by molar-refractivity contribution is 5.95. The summed E-state index contributed by atoms with van der Waals surface area (Å²) in [7, 11) is 3.10. The summed E-state index contributed by atoms with van der Waals surface area (Å²) in [4.78, 5) is 26.8. The summed E-state index contributed by atoms with van der Waals surface area (Å²) >= 11 is 0. The fourth-order valence-electron chi connectivity index (χ4n) is 3.48. The van der Waals surface area contributed by atoms with Crippen LogP contribution in [0.5, 0.6) is 17.2 Å². The van der Waals surface area contributed by atoms with E-state index in [0.717, 1.165) is 12.8 Å². The van der Waals surface area contributed by atoms with E-state index in [1.807, 2.05) is 4.90 Å². The number of ether oxygens (including phenoxy) is 2. The Kier molecular flexibility index (Phi) is 6.59. The van der Waals surface area contributed by atoms with Crippen molar-refractivity contribution >= 4 is 11.8 Å². The molecule has 0 radical (unpaired) electrons. The maximum absolute atomic E-state index is 12.8. The first-order valence-electron chi connectivity index (χ1n) is 9.60. The molecule has 2 aromatic rings. The van der Waals surface area contributed by atoms with E-state index < -0.39 is 0 Å². The summed E-state index contributed by atoms with van der Waals surface area (Å²) in [5.74, 6) is 1.26. The highest BCUT2D eigenvalue weighted by Gasteiger charge is 2.24. The fourth-order valence-corrected chi connectivity index (χ4v) is 3.48. The number of benzene rings is 2. The minimum absolute atomic E-state index is 0.0341. The summed E-state index contributed by atoms with van der Waals surface area (Å²) in [6.45, 7) is 1.83. The van der Waals surface area contributed by atoms with E-state index in [9.17, 15) is 14.7 Å². The van der Waals surface area contributed by atoms with Gasteiger partial charge in [-0.05, 0) is 55.2 Å². The predicted molar refractivity (Wildman–Crippen MR) is 109 cm³/mol. The van der Waals surface area contributed by atoms with Crippen molar-refractivity contribution in [1.29, 1.82) is 0 Å². The van der Waals surface area contributed by atoms with Crippen LogP contribution >= 0.6 is 0 Å². The molecule has 154 valence electrons. The SMILES string of the molecule is COc1ccc(C(=O)N2CCC(CNC(=O)c3cccc(O)c3)CC2)cc1OC. The normalized spacial score (nSPS) is 14.3. The van der Waals surface area contributed by atoms with Crippen LogP contribution in [0.3, 0.4) is 0 Å². The third kappa shape index (κ3) is 4.99. The van der Waals surface area contributed by atoms with Crippen LogP contribution in [0.2, 0.25) is 0 Å². The van der Waals surface area contributed by atoms with E-state index in [1.165, 1.54) is 12.1 Å². The molecule has 7 heteroatoms. The van der Waals surface area contributed by atoms with E-state index in [0.29, 0.717) is 48.2 Å². The lowest BCUT2D eigenvalue weighted by molar-refractivity contribution is 0.0684. The van der Waals surface area contributed by atoms with Gasteiger partial charge in [0.2, 0.25) is 0 Å². The molecule has 3 rings (SSSR count). The molecule has 1 aliphatic rings. The zero-order chi connectivity index (χ0) is 20.8. The van der Waals surface area contributed by atoms with E-state index in [4.69, 9.17) is 9.47 Å². The molecule has 7 nitrogen and oxygen atoms in total. The molecule has 0 aliphatic carbocycles. The van der Waals surface area contributed by atoms with Crippen LogP contribution < -0.4 is 14.8 Å². The van der Waals surface area contributed by atoms with E-state index >= 15 is 0 Å². The first-order valence-corrected chi connectivity index (χ1v) is 9.60. The lowest BCUT2D eigenvalue weighted by Gasteiger charge is -2.32. The van der Waals surface area contributed by atoms with Crippen molar-refractivity contribution in [3.05, 3.63) is 53.6 Å².